The van der Waals surface area contributed by atoms with Gasteiger partial charge in [-0.3, -0.25) is 4.79 Å². The zero-order chi connectivity index (χ0) is 13.8. The molecule has 0 bridgehead atoms. The predicted molar refractivity (Wildman–Crippen MR) is 75.5 cm³/mol. The van der Waals surface area contributed by atoms with Crippen molar-refractivity contribution in [3.63, 3.8) is 0 Å². The molecule has 0 spiro atoms. The van der Waals surface area contributed by atoms with E-state index in [9.17, 15) is 4.79 Å². The van der Waals surface area contributed by atoms with Crippen molar-refractivity contribution in [2.24, 2.45) is 17.6 Å². The van der Waals surface area contributed by atoms with Gasteiger partial charge in [-0.05, 0) is 50.9 Å². The van der Waals surface area contributed by atoms with Gasteiger partial charge in [-0.2, -0.15) is 0 Å². The standard InChI is InChI=1S/C15H28N2O2/c1-11-10-12(6-7-14(11)16)15(19)17(8-3-9-18)13-4-2-5-13/h11-14,18H,2-10,16H2,1H3. The van der Waals surface area contributed by atoms with E-state index in [1.807, 2.05) is 4.90 Å². The van der Waals surface area contributed by atoms with Gasteiger partial charge in [0.15, 0.2) is 0 Å². The molecular weight excluding hydrogens is 240 g/mol. The second kappa shape index (κ2) is 6.71. The van der Waals surface area contributed by atoms with Crippen molar-refractivity contribution < 1.29 is 9.90 Å². The molecule has 110 valence electrons. The molecule has 0 aromatic rings. The molecule has 4 nitrogen and oxygen atoms in total. The molecule has 0 heterocycles. The second-order valence-corrected chi connectivity index (χ2v) is 6.34. The number of hydrogen-bond donors (Lipinski definition) is 2. The summed E-state index contributed by atoms with van der Waals surface area (Å²) in [4.78, 5) is 14.7. The first-order valence-corrected chi connectivity index (χ1v) is 7.80. The fraction of sp³-hybridized carbons (Fsp3) is 0.933. The van der Waals surface area contributed by atoms with Crippen LogP contribution in [0.2, 0.25) is 0 Å². The van der Waals surface area contributed by atoms with Gasteiger partial charge in [0.25, 0.3) is 0 Å². The van der Waals surface area contributed by atoms with E-state index in [0.717, 1.165) is 38.6 Å². The SMILES string of the molecule is CC1CC(C(=O)N(CCCO)C2CCC2)CCC1N. The van der Waals surface area contributed by atoms with Gasteiger partial charge in [-0.25, -0.2) is 0 Å². The van der Waals surface area contributed by atoms with Crippen LogP contribution in [0.3, 0.4) is 0 Å². The Hall–Kier alpha value is -0.610. The van der Waals surface area contributed by atoms with Crippen LogP contribution in [0.5, 0.6) is 0 Å². The average Bonchev–Trinajstić information content (AvgIpc) is 2.34. The van der Waals surface area contributed by atoms with Crippen LogP contribution in [0.25, 0.3) is 0 Å². The summed E-state index contributed by atoms with van der Waals surface area (Å²) in [6, 6.07) is 0.698. The van der Waals surface area contributed by atoms with E-state index in [0.29, 0.717) is 24.3 Å². The van der Waals surface area contributed by atoms with E-state index in [-0.39, 0.29) is 18.6 Å². The summed E-state index contributed by atoms with van der Waals surface area (Å²) < 4.78 is 0. The van der Waals surface area contributed by atoms with Gasteiger partial charge in [0.2, 0.25) is 5.91 Å². The van der Waals surface area contributed by atoms with Crippen molar-refractivity contribution in [3.05, 3.63) is 0 Å². The molecule has 2 aliphatic rings. The van der Waals surface area contributed by atoms with E-state index in [4.69, 9.17) is 10.8 Å². The van der Waals surface area contributed by atoms with Crippen molar-refractivity contribution >= 4 is 5.91 Å². The third kappa shape index (κ3) is 3.48. The Morgan fingerprint density at radius 3 is 2.58 bits per heavy atom. The van der Waals surface area contributed by atoms with E-state index >= 15 is 0 Å². The summed E-state index contributed by atoms with van der Waals surface area (Å²) in [5.74, 6) is 0.926. The van der Waals surface area contributed by atoms with Crippen molar-refractivity contribution in [2.75, 3.05) is 13.2 Å². The second-order valence-electron chi connectivity index (χ2n) is 6.34. The number of aliphatic hydroxyl groups excluding tert-OH is 1. The van der Waals surface area contributed by atoms with Gasteiger partial charge in [-0.15, -0.1) is 0 Å². The lowest BCUT2D eigenvalue weighted by molar-refractivity contribution is -0.141. The minimum absolute atomic E-state index is 0.161. The highest BCUT2D eigenvalue weighted by molar-refractivity contribution is 5.79. The Kier molecular flexibility index (Phi) is 5.22. The molecule has 4 heteroatoms. The Bertz CT molecular complexity index is 305. The van der Waals surface area contributed by atoms with Gasteiger partial charge in [-0.1, -0.05) is 6.92 Å². The molecule has 0 aromatic heterocycles. The number of carbonyl (C=O) groups is 1. The first kappa shape index (κ1) is 14.8. The monoisotopic (exact) mass is 268 g/mol. The minimum Gasteiger partial charge on any atom is -0.396 e. The maximum Gasteiger partial charge on any atom is 0.225 e. The highest BCUT2D eigenvalue weighted by Gasteiger charge is 2.35. The van der Waals surface area contributed by atoms with E-state index < -0.39 is 0 Å². The number of hydrogen-bond acceptors (Lipinski definition) is 3. The van der Waals surface area contributed by atoms with Crippen molar-refractivity contribution in [2.45, 2.75) is 64.0 Å². The molecule has 2 fully saturated rings. The fourth-order valence-electron chi connectivity index (χ4n) is 3.29. The third-order valence-electron chi connectivity index (χ3n) is 4.94. The van der Waals surface area contributed by atoms with Crippen LogP contribution >= 0.6 is 0 Å². The Balaban J connectivity index is 1.94. The predicted octanol–water partition coefficient (Wildman–Crippen LogP) is 1.51. The van der Waals surface area contributed by atoms with Crippen LogP contribution in [0, 0.1) is 11.8 Å². The maximum atomic E-state index is 12.7. The van der Waals surface area contributed by atoms with Crippen molar-refractivity contribution in [3.8, 4) is 0 Å². The van der Waals surface area contributed by atoms with Gasteiger partial charge in [0.1, 0.15) is 0 Å². The first-order chi connectivity index (χ1) is 9.13. The molecule has 0 aromatic carbocycles. The molecule has 2 rings (SSSR count). The van der Waals surface area contributed by atoms with Gasteiger partial charge < -0.3 is 15.7 Å². The zero-order valence-corrected chi connectivity index (χ0v) is 12.1. The molecule has 1 amide bonds. The molecule has 3 atom stereocenters. The van der Waals surface area contributed by atoms with E-state index in [1.54, 1.807) is 0 Å². The normalized spacial score (nSPS) is 31.8. The van der Waals surface area contributed by atoms with Crippen LogP contribution in [0.15, 0.2) is 0 Å². The van der Waals surface area contributed by atoms with Crippen LogP contribution < -0.4 is 5.73 Å². The average molecular weight is 268 g/mol. The minimum atomic E-state index is 0.161. The van der Waals surface area contributed by atoms with Crippen molar-refractivity contribution in [1.29, 1.82) is 0 Å². The lowest BCUT2D eigenvalue weighted by atomic mass is 9.78. The molecule has 2 saturated carbocycles. The molecule has 0 aliphatic heterocycles. The summed E-state index contributed by atoms with van der Waals surface area (Å²) >= 11 is 0. The van der Waals surface area contributed by atoms with Gasteiger partial charge in [0.05, 0.1) is 0 Å². The van der Waals surface area contributed by atoms with Crippen LogP contribution in [-0.2, 0) is 4.79 Å². The lowest BCUT2D eigenvalue weighted by Crippen LogP contribution is -2.49. The molecular formula is C15H28N2O2. The Morgan fingerprint density at radius 1 is 1.32 bits per heavy atom. The molecule has 0 saturated heterocycles. The number of aliphatic hydroxyl groups is 1. The highest BCUT2D eigenvalue weighted by atomic mass is 16.3. The van der Waals surface area contributed by atoms with E-state index in [1.165, 1.54) is 6.42 Å². The van der Waals surface area contributed by atoms with Crippen LogP contribution in [0.1, 0.15) is 51.9 Å². The number of carbonyl (C=O) groups excluding carboxylic acids is 1. The topological polar surface area (TPSA) is 66.6 Å². The van der Waals surface area contributed by atoms with Crippen LogP contribution in [0.4, 0.5) is 0 Å². The molecule has 0 radical (unpaired) electrons. The molecule has 19 heavy (non-hydrogen) atoms. The zero-order valence-electron chi connectivity index (χ0n) is 12.1. The van der Waals surface area contributed by atoms with Crippen LogP contribution in [-0.4, -0.2) is 41.1 Å². The number of rotatable bonds is 5. The van der Waals surface area contributed by atoms with E-state index in [2.05, 4.69) is 6.92 Å². The smallest absolute Gasteiger partial charge is 0.225 e. The summed E-state index contributed by atoms with van der Waals surface area (Å²) in [6.45, 7) is 3.05. The Labute approximate surface area is 116 Å². The van der Waals surface area contributed by atoms with Crippen molar-refractivity contribution in [1.82, 2.24) is 4.90 Å². The Morgan fingerprint density at radius 2 is 2.05 bits per heavy atom. The summed E-state index contributed by atoms with van der Waals surface area (Å²) in [7, 11) is 0. The highest BCUT2D eigenvalue weighted by Crippen LogP contribution is 2.32. The number of amides is 1. The quantitative estimate of drug-likeness (QED) is 0.794. The number of nitrogens with zero attached hydrogens (tertiary/aromatic N) is 1. The third-order valence-corrected chi connectivity index (χ3v) is 4.94. The lowest BCUT2D eigenvalue weighted by Gasteiger charge is -2.41. The maximum absolute atomic E-state index is 12.7. The summed E-state index contributed by atoms with van der Waals surface area (Å²) in [6.07, 6.45) is 7.05. The molecule has 3 N–H and O–H groups in total. The summed E-state index contributed by atoms with van der Waals surface area (Å²) in [5.41, 5.74) is 6.04. The van der Waals surface area contributed by atoms with Gasteiger partial charge in [0, 0.05) is 31.2 Å². The molecule has 2 aliphatic carbocycles. The molecule has 3 unspecified atom stereocenters. The summed E-state index contributed by atoms with van der Waals surface area (Å²) in [5, 5.41) is 9.00. The fourth-order valence-corrected chi connectivity index (χ4v) is 3.29. The first-order valence-electron chi connectivity index (χ1n) is 7.80. The largest absolute Gasteiger partial charge is 0.396 e. The number of nitrogens with two attached hydrogens (primary N) is 1. The van der Waals surface area contributed by atoms with Gasteiger partial charge >= 0.3 is 0 Å².